The molecule has 0 saturated heterocycles. The van der Waals surface area contributed by atoms with Gasteiger partial charge in [-0.1, -0.05) is 38.1 Å². The van der Waals surface area contributed by atoms with Gasteiger partial charge in [0.25, 0.3) is 5.92 Å². The highest BCUT2D eigenvalue weighted by atomic mass is 19.3. The Hall–Kier alpha value is -3.88. The smallest absolute Gasteiger partial charge is 0.288 e. The lowest BCUT2D eigenvalue weighted by molar-refractivity contribution is 0.0131. The molecule has 0 N–H and O–H groups in total. The van der Waals surface area contributed by atoms with Gasteiger partial charge in [-0.2, -0.15) is 8.78 Å². The molecule has 1 aliphatic heterocycles. The first-order chi connectivity index (χ1) is 17.6. The minimum absolute atomic E-state index is 0.0208. The summed E-state index contributed by atoms with van der Waals surface area (Å²) < 4.78 is 35.1. The summed E-state index contributed by atoms with van der Waals surface area (Å²) in [6.45, 7) is 8.36. The van der Waals surface area contributed by atoms with E-state index < -0.39 is 5.92 Å². The highest BCUT2D eigenvalue weighted by Gasteiger charge is 2.29. The van der Waals surface area contributed by atoms with E-state index in [0.717, 1.165) is 35.1 Å². The zero-order valence-electron chi connectivity index (χ0n) is 21.6. The number of pyridine rings is 1. The van der Waals surface area contributed by atoms with Crippen molar-refractivity contribution < 1.29 is 13.5 Å². The molecule has 9 heteroatoms. The second kappa shape index (κ2) is 9.53. The normalized spacial score (nSPS) is 15.6. The summed E-state index contributed by atoms with van der Waals surface area (Å²) in [5.41, 5.74) is 3.46. The van der Waals surface area contributed by atoms with Crippen molar-refractivity contribution in [1.82, 2.24) is 24.5 Å². The fourth-order valence-electron chi connectivity index (χ4n) is 4.58. The number of fused-ring (bicyclic) bond motifs is 1. The van der Waals surface area contributed by atoms with Gasteiger partial charge in [0.15, 0.2) is 17.4 Å². The molecule has 0 aliphatic carbocycles. The molecule has 5 rings (SSSR count). The van der Waals surface area contributed by atoms with E-state index >= 15 is 0 Å². The van der Waals surface area contributed by atoms with Crippen molar-refractivity contribution in [1.29, 1.82) is 0 Å². The van der Waals surface area contributed by atoms with Gasteiger partial charge in [0.05, 0.1) is 18.4 Å². The predicted octanol–water partition coefficient (Wildman–Crippen LogP) is 5.96. The van der Waals surface area contributed by atoms with Crippen LogP contribution < -0.4 is 9.64 Å². The number of anilines is 1. The van der Waals surface area contributed by atoms with Crippen molar-refractivity contribution in [3.05, 3.63) is 71.9 Å². The average molecular weight is 505 g/mol. The topological polar surface area (TPSA) is 69.0 Å². The SMILES string of the molecule is CC1CN(Cc2ccc(-c3nc(C(C)(F)F)cn3C)cc2)c2nc(-c3cccnc3C(C)C)ncc2O1. The Morgan fingerprint density at radius 2 is 1.86 bits per heavy atom. The molecule has 0 amide bonds. The van der Waals surface area contributed by atoms with E-state index in [1.807, 2.05) is 43.3 Å². The van der Waals surface area contributed by atoms with E-state index in [9.17, 15) is 8.78 Å². The van der Waals surface area contributed by atoms with Crippen LogP contribution in [0, 0.1) is 0 Å². The Bertz CT molecular complexity index is 1410. The van der Waals surface area contributed by atoms with Crippen LogP contribution in [-0.4, -0.2) is 37.2 Å². The molecule has 4 aromatic rings. The van der Waals surface area contributed by atoms with Gasteiger partial charge >= 0.3 is 0 Å². The van der Waals surface area contributed by atoms with Crippen molar-refractivity contribution in [2.24, 2.45) is 7.05 Å². The van der Waals surface area contributed by atoms with Gasteiger partial charge in [-0.3, -0.25) is 4.98 Å². The highest BCUT2D eigenvalue weighted by molar-refractivity contribution is 5.64. The van der Waals surface area contributed by atoms with Gasteiger partial charge in [0.1, 0.15) is 17.6 Å². The van der Waals surface area contributed by atoms with E-state index in [1.165, 1.54) is 6.20 Å². The summed E-state index contributed by atoms with van der Waals surface area (Å²) in [4.78, 5) is 20.4. The number of aryl methyl sites for hydroxylation is 1. The summed E-state index contributed by atoms with van der Waals surface area (Å²) >= 11 is 0. The Morgan fingerprint density at radius 3 is 2.54 bits per heavy atom. The van der Waals surface area contributed by atoms with Crippen molar-refractivity contribution in [3.63, 3.8) is 0 Å². The molecule has 1 atom stereocenters. The van der Waals surface area contributed by atoms with Crippen LogP contribution in [0.15, 0.2) is 55.0 Å². The number of rotatable bonds is 6. The Kier molecular flexibility index (Phi) is 6.39. The third-order valence-electron chi connectivity index (χ3n) is 6.38. The number of hydrogen-bond acceptors (Lipinski definition) is 6. The summed E-state index contributed by atoms with van der Waals surface area (Å²) in [5.74, 6) is -0.238. The Balaban J connectivity index is 1.43. The minimum Gasteiger partial charge on any atom is -0.483 e. The summed E-state index contributed by atoms with van der Waals surface area (Å²) in [6, 6.07) is 11.7. The number of aromatic nitrogens is 5. The molecular weight excluding hydrogens is 474 g/mol. The van der Waals surface area contributed by atoms with Gasteiger partial charge in [-0.15, -0.1) is 0 Å². The fraction of sp³-hybridized carbons (Fsp3) is 0.357. The minimum atomic E-state index is -2.98. The van der Waals surface area contributed by atoms with Gasteiger partial charge in [0.2, 0.25) is 0 Å². The van der Waals surface area contributed by atoms with Crippen LogP contribution in [0.3, 0.4) is 0 Å². The molecular formula is C28H30F2N6O. The number of halogens is 2. The number of benzene rings is 1. The highest BCUT2D eigenvalue weighted by Crippen LogP contribution is 2.35. The lowest BCUT2D eigenvalue weighted by atomic mass is 10.0. The number of hydrogen-bond donors (Lipinski definition) is 0. The van der Waals surface area contributed by atoms with Crippen LogP contribution in [0.4, 0.5) is 14.6 Å². The van der Waals surface area contributed by atoms with Gasteiger partial charge in [0, 0.05) is 44.0 Å². The summed E-state index contributed by atoms with van der Waals surface area (Å²) in [7, 11) is 1.72. The fourth-order valence-corrected chi connectivity index (χ4v) is 4.58. The van der Waals surface area contributed by atoms with Crippen LogP contribution in [0.5, 0.6) is 5.75 Å². The van der Waals surface area contributed by atoms with Gasteiger partial charge < -0.3 is 14.2 Å². The van der Waals surface area contributed by atoms with Crippen LogP contribution in [0.25, 0.3) is 22.8 Å². The van der Waals surface area contributed by atoms with Crippen LogP contribution >= 0.6 is 0 Å². The van der Waals surface area contributed by atoms with E-state index in [2.05, 4.69) is 33.7 Å². The lowest BCUT2D eigenvalue weighted by Crippen LogP contribution is -2.38. The van der Waals surface area contributed by atoms with Crippen molar-refractivity contribution in [2.75, 3.05) is 11.4 Å². The van der Waals surface area contributed by atoms with E-state index in [-0.39, 0.29) is 17.7 Å². The Morgan fingerprint density at radius 1 is 1.11 bits per heavy atom. The number of nitrogens with zero attached hydrogens (tertiary/aromatic N) is 6. The maximum absolute atomic E-state index is 13.7. The standard InChI is InChI=1S/C28H30F2N6O/c1-17(2)24-21(7-6-12-31-24)25-32-13-22-27(34-25)36(14-18(3)37-22)15-19-8-10-20(11-9-19)26-33-23(16-35(26)5)28(4,29)30/h6-13,16-18H,14-15H2,1-5H3. The van der Waals surface area contributed by atoms with Crippen molar-refractivity contribution >= 4 is 5.82 Å². The van der Waals surface area contributed by atoms with Crippen molar-refractivity contribution in [3.8, 4) is 28.5 Å². The zero-order valence-corrected chi connectivity index (χ0v) is 21.6. The largest absolute Gasteiger partial charge is 0.483 e. The first-order valence-corrected chi connectivity index (χ1v) is 12.3. The summed E-state index contributed by atoms with van der Waals surface area (Å²) in [6.07, 6.45) is 4.88. The Labute approximate surface area is 215 Å². The monoisotopic (exact) mass is 504 g/mol. The first-order valence-electron chi connectivity index (χ1n) is 12.3. The molecule has 7 nitrogen and oxygen atoms in total. The van der Waals surface area contributed by atoms with Crippen LogP contribution in [0.1, 0.15) is 50.6 Å². The van der Waals surface area contributed by atoms with E-state index in [0.29, 0.717) is 30.5 Å². The second-order valence-corrected chi connectivity index (χ2v) is 9.93. The maximum atomic E-state index is 13.7. The number of imidazole rings is 1. The molecule has 0 radical (unpaired) electrons. The van der Waals surface area contributed by atoms with E-state index in [4.69, 9.17) is 9.72 Å². The lowest BCUT2D eigenvalue weighted by Gasteiger charge is -2.34. The van der Waals surface area contributed by atoms with Crippen molar-refractivity contribution in [2.45, 2.75) is 52.2 Å². The quantitative estimate of drug-likeness (QED) is 0.323. The van der Waals surface area contributed by atoms with Crippen LogP contribution in [-0.2, 0) is 19.5 Å². The van der Waals surface area contributed by atoms with E-state index in [1.54, 1.807) is 24.0 Å². The number of ether oxygens (including phenoxy) is 1. The first kappa shape index (κ1) is 24.8. The molecule has 0 saturated carbocycles. The molecule has 1 unspecified atom stereocenters. The zero-order chi connectivity index (χ0) is 26.3. The third-order valence-corrected chi connectivity index (χ3v) is 6.38. The summed E-state index contributed by atoms with van der Waals surface area (Å²) in [5, 5.41) is 0. The van der Waals surface area contributed by atoms with Crippen LogP contribution in [0.2, 0.25) is 0 Å². The molecule has 4 heterocycles. The maximum Gasteiger partial charge on any atom is 0.288 e. The third kappa shape index (κ3) is 5.03. The molecule has 0 spiro atoms. The van der Waals surface area contributed by atoms with Gasteiger partial charge in [-0.25, -0.2) is 15.0 Å². The molecule has 1 aliphatic rings. The predicted molar refractivity (Wildman–Crippen MR) is 139 cm³/mol. The molecule has 1 aromatic carbocycles. The number of alkyl halides is 2. The molecule has 0 bridgehead atoms. The molecule has 0 fully saturated rings. The van der Waals surface area contributed by atoms with Gasteiger partial charge in [-0.05, 0) is 30.5 Å². The molecule has 192 valence electrons. The average Bonchev–Trinajstić information content (AvgIpc) is 3.26. The second-order valence-electron chi connectivity index (χ2n) is 9.93. The molecule has 3 aromatic heterocycles. The molecule has 37 heavy (non-hydrogen) atoms.